The van der Waals surface area contributed by atoms with E-state index in [1.807, 2.05) is 0 Å². The van der Waals surface area contributed by atoms with Crippen LogP contribution in [-0.2, 0) is 5.33 Å². The van der Waals surface area contributed by atoms with Crippen LogP contribution in [0.4, 0.5) is 13.2 Å². The molecule has 0 amide bonds. The van der Waals surface area contributed by atoms with Crippen LogP contribution in [0, 0.1) is 0 Å². The molecule has 0 spiro atoms. The van der Waals surface area contributed by atoms with E-state index in [1.165, 1.54) is 0 Å². The summed E-state index contributed by atoms with van der Waals surface area (Å²) in [5.74, 6) is 0.415. The lowest BCUT2D eigenvalue weighted by molar-refractivity contribution is -0.136. The van der Waals surface area contributed by atoms with Crippen molar-refractivity contribution in [2.24, 2.45) is 0 Å². The quantitative estimate of drug-likeness (QED) is 0.547. The standard InChI is InChI=1S/C11H11BrClF3O/c12-7-8-2-3-10(9(13)6-8)17-5-1-4-11(14,15)16/h2-3,6H,1,4-5,7H2. The van der Waals surface area contributed by atoms with Gasteiger partial charge >= 0.3 is 6.18 Å². The van der Waals surface area contributed by atoms with Crippen molar-refractivity contribution in [3.63, 3.8) is 0 Å². The highest BCUT2D eigenvalue weighted by Crippen LogP contribution is 2.27. The summed E-state index contributed by atoms with van der Waals surface area (Å²) in [6.07, 6.45) is -5.04. The lowest BCUT2D eigenvalue weighted by Gasteiger charge is -2.10. The number of benzene rings is 1. The van der Waals surface area contributed by atoms with Gasteiger partial charge in [-0.05, 0) is 24.1 Å². The van der Waals surface area contributed by atoms with Gasteiger partial charge in [-0.15, -0.1) is 0 Å². The van der Waals surface area contributed by atoms with E-state index in [2.05, 4.69) is 15.9 Å². The van der Waals surface area contributed by atoms with E-state index < -0.39 is 12.6 Å². The number of halogens is 5. The zero-order valence-corrected chi connectivity index (χ0v) is 11.2. The first-order valence-corrected chi connectivity index (χ1v) is 6.46. The molecule has 0 heterocycles. The minimum Gasteiger partial charge on any atom is -0.492 e. The van der Waals surface area contributed by atoms with Gasteiger partial charge in [-0.25, -0.2) is 0 Å². The lowest BCUT2D eigenvalue weighted by atomic mass is 10.2. The molecule has 0 atom stereocenters. The minimum atomic E-state index is -4.13. The number of hydrogen-bond donors (Lipinski definition) is 0. The molecule has 1 rings (SSSR count). The van der Waals surface area contributed by atoms with Crippen molar-refractivity contribution >= 4 is 27.5 Å². The van der Waals surface area contributed by atoms with Crippen LogP contribution in [0.25, 0.3) is 0 Å². The maximum absolute atomic E-state index is 11.9. The van der Waals surface area contributed by atoms with Crippen molar-refractivity contribution in [3.05, 3.63) is 28.8 Å². The Bertz CT molecular complexity index is 368. The van der Waals surface area contributed by atoms with Crippen molar-refractivity contribution in [3.8, 4) is 5.75 Å². The topological polar surface area (TPSA) is 9.23 Å². The van der Waals surface area contributed by atoms with E-state index in [1.54, 1.807) is 18.2 Å². The Morgan fingerprint density at radius 1 is 1.29 bits per heavy atom. The van der Waals surface area contributed by atoms with E-state index in [-0.39, 0.29) is 13.0 Å². The van der Waals surface area contributed by atoms with Crippen LogP contribution in [0.5, 0.6) is 5.75 Å². The smallest absolute Gasteiger partial charge is 0.389 e. The van der Waals surface area contributed by atoms with Crippen molar-refractivity contribution in [2.75, 3.05) is 6.61 Å². The molecule has 1 aromatic carbocycles. The summed E-state index contributed by atoms with van der Waals surface area (Å²) < 4.78 is 40.8. The molecule has 6 heteroatoms. The number of alkyl halides is 4. The average molecular weight is 332 g/mol. The SMILES string of the molecule is FC(F)(F)CCCOc1ccc(CBr)cc1Cl. The second kappa shape index (κ2) is 6.50. The predicted molar refractivity (Wildman–Crippen MR) is 64.9 cm³/mol. The van der Waals surface area contributed by atoms with Gasteiger partial charge in [0.05, 0.1) is 11.6 Å². The molecule has 0 aliphatic carbocycles. The van der Waals surface area contributed by atoms with Crippen molar-refractivity contribution in [1.82, 2.24) is 0 Å². The van der Waals surface area contributed by atoms with E-state index in [4.69, 9.17) is 16.3 Å². The number of hydrogen-bond acceptors (Lipinski definition) is 1. The molecule has 0 bridgehead atoms. The van der Waals surface area contributed by atoms with Gasteiger partial charge in [0.2, 0.25) is 0 Å². The molecule has 0 saturated carbocycles. The van der Waals surface area contributed by atoms with Gasteiger partial charge in [-0.1, -0.05) is 33.6 Å². The Morgan fingerprint density at radius 2 is 2.00 bits per heavy atom. The molecule has 0 radical (unpaired) electrons. The largest absolute Gasteiger partial charge is 0.492 e. The Hall–Kier alpha value is -0.420. The minimum absolute atomic E-state index is 0.00683. The average Bonchev–Trinajstić information content (AvgIpc) is 2.24. The summed E-state index contributed by atoms with van der Waals surface area (Å²) in [6.45, 7) is 0.00683. The second-order valence-corrected chi connectivity index (χ2v) is 4.43. The van der Waals surface area contributed by atoms with Crippen LogP contribution in [0.15, 0.2) is 18.2 Å². The molecular formula is C11H11BrClF3O. The maximum atomic E-state index is 11.9. The van der Waals surface area contributed by atoms with Crippen molar-refractivity contribution < 1.29 is 17.9 Å². The number of rotatable bonds is 5. The lowest BCUT2D eigenvalue weighted by Crippen LogP contribution is -2.09. The highest BCUT2D eigenvalue weighted by Gasteiger charge is 2.26. The molecular weight excluding hydrogens is 320 g/mol. The van der Waals surface area contributed by atoms with Crippen LogP contribution in [0.3, 0.4) is 0 Å². The summed E-state index contributed by atoms with van der Waals surface area (Å²) in [6, 6.07) is 5.18. The third-order valence-electron chi connectivity index (χ3n) is 2.01. The van der Waals surface area contributed by atoms with Crippen LogP contribution < -0.4 is 4.74 Å². The molecule has 0 unspecified atom stereocenters. The third kappa shape index (κ3) is 5.64. The Kier molecular flexibility index (Phi) is 5.59. The van der Waals surface area contributed by atoms with E-state index in [0.717, 1.165) is 5.56 Å². The number of ether oxygens (including phenoxy) is 1. The highest BCUT2D eigenvalue weighted by atomic mass is 79.9. The first kappa shape index (κ1) is 14.6. The van der Waals surface area contributed by atoms with Crippen LogP contribution in [0.1, 0.15) is 18.4 Å². The zero-order chi connectivity index (χ0) is 12.9. The fourth-order valence-electron chi connectivity index (χ4n) is 1.20. The Balaban J connectivity index is 2.42. The molecule has 0 aliphatic heterocycles. The summed E-state index contributed by atoms with van der Waals surface area (Å²) in [7, 11) is 0. The first-order chi connectivity index (χ1) is 7.92. The van der Waals surface area contributed by atoms with E-state index in [0.29, 0.717) is 16.1 Å². The van der Waals surface area contributed by atoms with Gasteiger partial charge in [0.25, 0.3) is 0 Å². The highest BCUT2D eigenvalue weighted by molar-refractivity contribution is 9.08. The third-order valence-corrected chi connectivity index (χ3v) is 2.96. The van der Waals surface area contributed by atoms with Gasteiger partial charge in [0.15, 0.2) is 0 Å². The van der Waals surface area contributed by atoms with E-state index >= 15 is 0 Å². The van der Waals surface area contributed by atoms with Gasteiger partial charge in [0.1, 0.15) is 5.75 Å². The first-order valence-electron chi connectivity index (χ1n) is 4.96. The molecule has 17 heavy (non-hydrogen) atoms. The molecule has 1 nitrogen and oxygen atoms in total. The molecule has 0 aromatic heterocycles. The Labute approximate surface area is 111 Å². The van der Waals surface area contributed by atoms with Gasteiger partial charge in [-0.2, -0.15) is 13.2 Å². The molecule has 0 saturated heterocycles. The normalized spacial score (nSPS) is 11.6. The fraction of sp³-hybridized carbons (Fsp3) is 0.455. The monoisotopic (exact) mass is 330 g/mol. The van der Waals surface area contributed by atoms with Crippen molar-refractivity contribution in [1.29, 1.82) is 0 Å². The van der Waals surface area contributed by atoms with Gasteiger partial charge in [0, 0.05) is 11.8 Å². The van der Waals surface area contributed by atoms with E-state index in [9.17, 15) is 13.2 Å². The maximum Gasteiger partial charge on any atom is 0.389 e. The Morgan fingerprint density at radius 3 is 2.53 bits per heavy atom. The summed E-state index contributed by atoms with van der Waals surface area (Å²) in [4.78, 5) is 0. The predicted octanol–water partition coefficient (Wildman–Crippen LogP) is 4.96. The molecule has 1 aromatic rings. The molecule has 0 fully saturated rings. The molecule has 0 N–H and O–H groups in total. The van der Waals surface area contributed by atoms with Gasteiger partial charge < -0.3 is 4.74 Å². The fourth-order valence-corrected chi connectivity index (χ4v) is 1.81. The summed E-state index contributed by atoms with van der Waals surface area (Å²) in [5.41, 5.74) is 0.984. The zero-order valence-electron chi connectivity index (χ0n) is 8.86. The van der Waals surface area contributed by atoms with Crippen LogP contribution in [-0.4, -0.2) is 12.8 Å². The molecule has 96 valence electrons. The summed E-state index contributed by atoms with van der Waals surface area (Å²) >= 11 is 9.19. The van der Waals surface area contributed by atoms with Crippen LogP contribution >= 0.6 is 27.5 Å². The second-order valence-electron chi connectivity index (χ2n) is 3.47. The van der Waals surface area contributed by atoms with Crippen LogP contribution in [0.2, 0.25) is 5.02 Å². The van der Waals surface area contributed by atoms with Gasteiger partial charge in [-0.3, -0.25) is 0 Å². The van der Waals surface area contributed by atoms with Crippen molar-refractivity contribution in [2.45, 2.75) is 24.3 Å². The summed E-state index contributed by atoms with van der Waals surface area (Å²) in [5, 5.41) is 1.08. The molecule has 0 aliphatic rings.